The Morgan fingerprint density at radius 3 is 2.76 bits per heavy atom. The van der Waals surface area contributed by atoms with Crippen LogP contribution in [0, 0.1) is 0 Å². The minimum atomic E-state index is -3.73. The predicted octanol–water partition coefficient (Wildman–Crippen LogP) is 1.54. The van der Waals surface area contributed by atoms with Crippen LogP contribution in [0.25, 0.3) is 11.2 Å². The molecule has 1 N–H and O–H groups in total. The molecule has 1 saturated heterocycles. The topological polar surface area (TPSA) is 118 Å². The number of sulfone groups is 1. The van der Waals surface area contributed by atoms with E-state index in [0.29, 0.717) is 30.0 Å². The maximum atomic E-state index is 12.8. The van der Waals surface area contributed by atoms with E-state index in [0.717, 1.165) is 18.5 Å². The number of aromatic nitrogens is 4. The average Bonchev–Trinajstić information content (AvgIpc) is 3.18. The first kappa shape index (κ1) is 19.3. The van der Waals surface area contributed by atoms with Gasteiger partial charge in [0.25, 0.3) is 0 Å². The molecule has 0 radical (unpaired) electrons. The van der Waals surface area contributed by atoms with Gasteiger partial charge < -0.3 is 9.64 Å². The third-order valence-corrected chi connectivity index (χ3v) is 6.75. The lowest BCUT2D eigenvalue weighted by molar-refractivity contribution is -0.129. The highest BCUT2D eigenvalue weighted by Gasteiger charge is 2.30. The van der Waals surface area contributed by atoms with Gasteiger partial charge >= 0.3 is 0 Å². The van der Waals surface area contributed by atoms with Crippen molar-refractivity contribution in [2.45, 2.75) is 23.7 Å². The summed E-state index contributed by atoms with van der Waals surface area (Å²) < 4.78 is 30.3. The van der Waals surface area contributed by atoms with Crippen LogP contribution in [0.15, 0.2) is 41.6 Å². The van der Waals surface area contributed by atoms with Crippen molar-refractivity contribution in [3.63, 3.8) is 0 Å². The van der Waals surface area contributed by atoms with Crippen LogP contribution >= 0.6 is 0 Å². The second-order valence-corrected chi connectivity index (χ2v) is 8.97. The molecule has 29 heavy (non-hydrogen) atoms. The SMILES string of the molecule is COc1ccc(S(=O)(=O)CC(=O)N2CCCC(c3[nH]nc4nccnc34)C2)cc1. The summed E-state index contributed by atoms with van der Waals surface area (Å²) in [5, 5.41) is 7.15. The lowest BCUT2D eigenvalue weighted by Gasteiger charge is -2.32. The summed E-state index contributed by atoms with van der Waals surface area (Å²) in [7, 11) is -2.22. The number of benzene rings is 1. The van der Waals surface area contributed by atoms with Crippen molar-refractivity contribution in [3.05, 3.63) is 42.4 Å². The standard InChI is InChI=1S/C19H21N5O4S/c1-28-14-4-6-15(7-5-14)29(26,27)12-16(25)24-10-2-3-13(11-24)17-18-19(23-22-17)21-9-8-20-18/h4-9,13H,2-3,10-12H2,1H3,(H,21,22,23). The molecule has 152 valence electrons. The smallest absolute Gasteiger partial charge is 0.238 e. The predicted molar refractivity (Wildman–Crippen MR) is 105 cm³/mol. The summed E-state index contributed by atoms with van der Waals surface area (Å²) in [6.07, 6.45) is 4.82. The summed E-state index contributed by atoms with van der Waals surface area (Å²) in [4.78, 5) is 23.0. The number of rotatable bonds is 5. The summed E-state index contributed by atoms with van der Waals surface area (Å²) in [6, 6.07) is 6.04. The summed E-state index contributed by atoms with van der Waals surface area (Å²) in [5.41, 5.74) is 2.06. The Morgan fingerprint density at radius 1 is 1.24 bits per heavy atom. The fraction of sp³-hybridized carbons (Fsp3) is 0.368. The second kappa shape index (κ2) is 7.78. The Hall–Kier alpha value is -3.01. The monoisotopic (exact) mass is 415 g/mol. The molecule has 3 heterocycles. The van der Waals surface area contributed by atoms with Crippen molar-refractivity contribution in [1.82, 2.24) is 25.1 Å². The van der Waals surface area contributed by atoms with Gasteiger partial charge in [-0.1, -0.05) is 0 Å². The van der Waals surface area contributed by atoms with Crippen LogP contribution in [0.2, 0.25) is 0 Å². The fourth-order valence-corrected chi connectivity index (χ4v) is 4.84. The van der Waals surface area contributed by atoms with Crippen molar-refractivity contribution in [2.75, 3.05) is 26.0 Å². The van der Waals surface area contributed by atoms with Crippen molar-refractivity contribution in [2.24, 2.45) is 0 Å². The minimum Gasteiger partial charge on any atom is -0.497 e. The molecular weight excluding hydrogens is 394 g/mol. The quantitative estimate of drug-likeness (QED) is 0.671. The number of carbonyl (C=O) groups excluding carboxylic acids is 1. The molecule has 0 aliphatic carbocycles. The number of likely N-dealkylation sites (tertiary alicyclic amines) is 1. The van der Waals surface area contributed by atoms with Gasteiger partial charge in [-0.15, -0.1) is 0 Å². The number of nitrogens with one attached hydrogen (secondary N) is 1. The van der Waals surface area contributed by atoms with Gasteiger partial charge in [0.05, 0.1) is 17.7 Å². The molecule has 1 unspecified atom stereocenters. The summed E-state index contributed by atoms with van der Waals surface area (Å²) in [5.74, 6) is -0.391. The number of carbonyl (C=O) groups is 1. The van der Waals surface area contributed by atoms with Crippen molar-refractivity contribution >= 4 is 26.9 Å². The van der Waals surface area contributed by atoms with Crippen LogP contribution in [0.5, 0.6) is 5.75 Å². The molecule has 0 bridgehead atoms. The molecule has 0 saturated carbocycles. The molecule has 4 rings (SSSR count). The zero-order valence-corrected chi connectivity index (χ0v) is 16.7. The van der Waals surface area contributed by atoms with Gasteiger partial charge in [-0.3, -0.25) is 9.89 Å². The molecule has 1 amide bonds. The van der Waals surface area contributed by atoms with E-state index in [1.165, 1.54) is 19.2 Å². The van der Waals surface area contributed by atoms with Gasteiger partial charge in [0, 0.05) is 31.4 Å². The number of amides is 1. The maximum Gasteiger partial charge on any atom is 0.238 e. The van der Waals surface area contributed by atoms with Crippen LogP contribution in [-0.2, 0) is 14.6 Å². The van der Waals surface area contributed by atoms with Gasteiger partial charge in [-0.25, -0.2) is 18.4 Å². The average molecular weight is 415 g/mol. The lowest BCUT2D eigenvalue weighted by Crippen LogP contribution is -2.42. The molecule has 3 aromatic rings. The van der Waals surface area contributed by atoms with Crippen LogP contribution in [0.1, 0.15) is 24.5 Å². The zero-order chi connectivity index (χ0) is 20.4. The van der Waals surface area contributed by atoms with E-state index in [4.69, 9.17) is 4.74 Å². The number of piperidine rings is 1. The largest absolute Gasteiger partial charge is 0.497 e. The first-order valence-electron chi connectivity index (χ1n) is 9.27. The first-order chi connectivity index (χ1) is 14.0. The van der Waals surface area contributed by atoms with Crippen LogP contribution < -0.4 is 4.74 Å². The molecule has 1 aromatic carbocycles. The number of aromatic amines is 1. The number of methoxy groups -OCH3 is 1. The Labute approximate surface area is 168 Å². The number of H-pyrrole nitrogens is 1. The van der Waals surface area contributed by atoms with Gasteiger partial charge in [-0.05, 0) is 37.1 Å². The molecule has 9 nitrogen and oxygen atoms in total. The van der Waals surface area contributed by atoms with E-state index in [-0.39, 0.29) is 10.8 Å². The molecule has 10 heteroatoms. The Balaban J connectivity index is 1.48. The van der Waals surface area contributed by atoms with E-state index in [1.54, 1.807) is 29.4 Å². The lowest BCUT2D eigenvalue weighted by atomic mass is 9.94. The minimum absolute atomic E-state index is 0.0121. The number of hydrogen-bond acceptors (Lipinski definition) is 7. The van der Waals surface area contributed by atoms with Crippen molar-refractivity contribution < 1.29 is 17.9 Å². The van der Waals surface area contributed by atoms with Crippen LogP contribution in [0.3, 0.4) is 0 Å². The van der Waals surface area contributed by atoms with E-state index in [2.05, 4.69) is 20.2 Å². The highest BCUT2D eigenvalue weighted by atomic mass is 32.2. The maximum absolute atomic E-state index is 12.8. The van der Waals surface area contributed by atoms with Crippen LogP contribution in [0.4, 0.5) is 0 Å². The fourth-order valence-electron chi connectivity index (χ4n) is 3.61. The van der Waals surface area contributed by atoms with E-state index < -0.39 is 21.5 Å². The third-order valence-electron chi connectivity index (χ3n) is 5.13. The Bertz CT molecular complexity index is 1130. The molecular formula is C19H21N5O4S. The van der Waals surface area contributed by atoms with Crippen molar-refractivity contribution in [1.29, 1.82) is 0 Å². The number of ether oxygens (including phenoxy) is 1. The van der Waals surface area contributed by atoms with Crippen LogP contribution in [-0.4, -0.2) is 65.3 Å². The van der Waals surface area contributed by atoms with Gasteiger partial charge in [0.15, 0.2) is 15.5 Å². The second-order valence-electron chi connectivity index (χ2n) is 6.98. The van der Waals surface area contributed by atoms with Gasteiger partial charge in [-0.2, -0.15) is 5.10 Å². The summed E-state index contributed by atoms with van der Waals surface area (Å²) >= 11 is 0. The molecule has 0 spiro atoms. The number of hydrogen-bond donors (Lipinski definition) is 1. The molecule has 1 fully saturated rings. The third kappa shape index (κ3) is 3.93. The van der Waals surface area contributed by atoms with Gasteiger partial charge in [0.1, 0.15) is 17.0 Å². The highest BCUT2D eigenvalue weighted by molar-refractivity contribution is 7.92. The first-order valence-corrected chi connectivity index (χ1v) is 10.9. The zero-order valence-electron chi connectivity index (χ0n) is 15.9. The molecule has 2 aromatic heterocycles. The Kier molecular flexibility index (Phi) is 5.18. The van der Waals surface area contributed by atoms with Gasteiger partial charge in [0.2, 0.25) is 5.91 Å². The molecule has 1 aliphatic heterocycles. The van der Waals surface area contributed by atoms with E-state index >= 15 is 0 Å². The summed E-state index contributed by atoms with van der Waals surface area (Å²) in [6.45, 7) is 0.954. The van der Waals surface area contributed by atoms with E-state index in [9.17, 15) is 13.2 Å². The normalized spacial score (nSPS) is 17.4. The molecule has 1 aliphatic rings. The molecule has 1 atom stereocenters. The number of fused-ring (bicyclic) bond motifs is 1. The highest BCUT2D eigenvalue weighted by Crippen LogP contribution is 2.29. The van der Waals surface area contributed by atoms with Crippen molar-refractivity contribution in [3.8, 4) is 5.75 Å². The number of nitrogens with zero attached hydrogens (tertiary/aromatic N) is 4. The Morgan fingerprint density at radius 2 is 2.00 bits per heavy atom. The van der Waals surface area contributed by atoms with E-state index in [1.807, 2.05) is 0 Å².